The number of nitrogens with zero attached hydrogens (tertiary/aromatic N) is 2. The van der Waals surface area contributed by atoms with Crippen molar-refractivity contribution in [1.29, 1.82) is 0 Å². The number of hydrogen-bond acceptors (Lipinski definition) is 3. The first-order valence-corrected chi connectivity index (χ1v) is 8.35. The number of aromatic nitrogens is 2. The third-order valence-electron chi connectivity index (χ3n) is 4.23. The highest BCUT2D eigenvalue weighted by Crippen LogP contribution is 2.15. The van der Waals surface area contributed by atoms with Crippen molar-refractivity contribution >= 4 is 29.0 Å². The van der Waals surface area contributed by atoms with E-state index >= 15 is 0 Å². The molecule has 0 fully saturated rings. The molecule has 1 atom stereocenters. The number of H-pyrrole nitrogens is 1. The Morgan fingerprint density at radius 3 is 2.70 bits per heavy atom. The number of rotatable bonds is 5. The standard InChI is InChI=1S/C17H23N3O2S/c1-5-7-11(3)19(4)15(21)12-8-9-13-14(10-12)18-17(23)20(6-2)16(13)22/h8-11H,5-7H2,1-4H3,(H,18,23)/t11-/m1/s1. The number of aromatic amines is 1. The van der Waals surface area contributed by atoms with Crippen molar-refractivity contribution < 1.29 is 4.79 Å². The van der Waals surface area contributed by atoms with Crippen LogP contribution in [-0.2, 0) is 6.54 Å². The molecular formula is C17H23N3O2S. The van der Waals surface area contributed by atoms with Crippen LogP contribution in [-0.4, -0.2) is 33.4 Å². The summed E-state index contributed by atoms with van der Waals surface area (Å²) in [6.07, 6.45) is 1.99. The maximum absolute atomic E-state index is 12.6. The number of carbonyl (C=O) groups excluding carboxylic acids is 1. The Hall–Kier alpha value is -1.95. The molecule has 0 saturated heterocycles. The van der Waals surface area contributed by atoms with E-state index in [0.717, 1.165) is 12.8 Å². The van der Waals surface area contributed by atoms with Crippen molar-refractivity contribution in [2.24, 2.45) is 0 Å². The minimum absolute atomic E-state index is 0.0492. The SMILES string of the molecule is CCC[C@@H](C)N(C)C(=O)c1ccc2c(=O)n(CC)c(=S)[nH]c2c1. The highest BCUT2D eigenvalue weighted by atomic mass is 32.1. The zero-order chi connectivity index (χ0) is 17.1. The van der Waals surface area contributed by atoms with Gasteiger partial charge >= 0.3 is 0 Å². The van der Waals surface area contributed by atoms with Crippen LogP contribution in [0.3, 0.4) is 0 Å². The predicted molar refractivity (Wildman–Crippen MR) is 95.5 cm³/mol. The quantitative estimate of drug-likeness (QED) is 0.854. The Balaban J connectivity index is 2.47. The Morgan fingerprint density at radius 1 is 1.39 bits per heavy atom. The third kappa shape index (κ3) is 3.37. The number of benzene rings is 1. The highest BCUT2D eigenvalue weighted by molar-refractivity contribution is 7.71. The summed E-state index contributed by atoms with van der Waals surface area (Å²) in [6.45, 7) is 6.53. The van der Waals surface area contributed by atoms with Gasteiger partial charge in [-0.25, -0.2) is 0 Å². The van der Waals surface area contributed by atoms with E-state index in [9.17, 15) is 9.59 Å². The molecule has 0 bridgehead atoms. The molecule has 0 aliphatic rings. The van der Waals surface area contributed by atoms with Gasteiger partial charge in [0.15, 0.2) is 4.77 Å². The fourth-order valence-corrected chi connectivity index (χ4v) is 3.01. The molecule has 0 aliphatic heterocycles. The molecule has 2 rings (SSSR count). The van der Waals surface area contributed by atoms with Crippen molar-refractivity contribution in [3.8, 4) is 0 Å². The second kappa shape index (κ2) is 7.08. The first-order valence-electron chi connectivity index (χ1n) is 7.94. The molecule has 1 amide bonds. The lowest BCUT2D eigenvalue weighted by atomic mass is 10.1. The van der Waals surface area contributed by atoms with Crippen molar-refractivity contribution in [2.45, 2.75) is 46.2 Å². The first-order chi connectivity index (χ1) is 10.9. The molecule has 1 N–H and O–H groups in total. The van der Waals surface area contributed by atoms with Gasteiger partial charge in [0.1, 0.15) is 0 Å². The van der Waals surface area contributed by atoms with E-state index in [-0.39, 0.29) is 17.5 Å². The zero-order valence-electron chi connectivity index (χ0n) is 14.0. The normalized spacial score (nSPS) is 12.3. The molecule has 5 nitrogen and oxygen atoms in total. The maximum atomic E-state index is 12.6. The monoisotopic (exact) mass is 333 g/mol. The number of nitrogens with one attached hydrogen (secondary N) is 1. The van der Waals surface area contributed by atoms with Gasteiger partial charge in [0, 0.05) is 25.2 Å². The molecular weight excluding hydrogens is 310 g/mol. The molecule has 0 saturated carbocycles. The second-order valence-corrected chi connectivity index (χ2v) is 6.18. The van der Waals surface area contributed by atoms with Gasteiger partial charge in [-0.05, 0) is 50.7 Å². The van der Waals surface area contributed by atoms with E-state index in [1.54, 1.807) is 23.1 Å². The van der Waals surface area contributed by atoms with E-state index in [2.05, 4.69) is 11.9 Å². The summed E-state index contributed by atoms with van der Waals surface area (Å²) in [7, 11) is 1.81. The van der Waals surface area contributed by atoms with E-state index in [1.807, 2.05) is 20.9 Å². The summed E-state index contributed by atoms with van der Waals surface area (Å²) >= 11 is 5.21. The number of hydrogen-bond donors (Lipinski definition) is 1. The molecule has 6 heteroatoms. The summed E-state index contributed by atoms with van der Waals surface area (Å²) in [5.41, 5.74) is 1.03. The lowest BCUT2D eigenvalue weighted by Crippen LogP contribution is -2.35. The van der Waals surface area contributed by atoms with Crippen molar-refractivity contribution in [2.75, 3.05) is 7.05 Å². The Kier molecular flexibility index (Phi) is 5.36. The van der Waals surface area contributed by atoms with Crippen LogP contribution in [0.5, 0.6) is 0 Å². The fraction of sp³-hybridized carbons (Fsp3) is 0.471. The summed E-state index contributed by atoms with van der Waals surface area (Å²) in [6, 6.07) is 5.29. The second-order valence-electron chi connectivity index (χ2n) is 5.79. The van der Waals surface area contributed by atoms with Gasteiger partial charge in [0.05, 0.1) is 10.9 Å². The minimum atomic E-state index is -0.127. The van der Waals surface area contributed by atoms with Gasteiger partial charge < -0.3 is 9.88 Å². The van der Waals surface area contributed by atoms with Gasteiger partial charge in [-0.15, -0.1) is 0 Å². The summed E-state index contributed by atoms with van der Waals surface area (Å²) < 4.78 is 1.89. The molecule has 0 aliphatic carbocycles. The summed E-state index contributed by atoms with van der Waals surface area (Å²) in [4.78, 5) is 29.8. The molecule has 23 heavy (non-hydrogen) atoms. The predicted octanol–water partition coefficient (Wildman–Crippen LogP) is 3.34. The van der Waals surface area contributed by atoms with Crippen LogP contribution in [0.4, 0.5) is 0 Å². The van der Waals surface area contributed by atoms with Crippen LogP contribution >= 0.6 is 12.2 Å². The molecule has 1 aromatic carbocycles. The molecule has 0 radical (unpaired) electrons. The molecule has 2 aromatic rings. The summed E-state index contributed by atoms with van der Waals surface area (Å²) in [5, 5.41) is 0.543. The largest absolute Gasteiger partial charge is 0.339 e. The molecule has 1 heterocycles. The number of amides is 1. The lowest BCUT2D eigenvalue weighted by Gasteiger charge is -2.24. The van der Waals surface area contributed by atoms with Crippen LogP contribution < -0.4 is 5.56 Å². The Morgan fingerprint density at radius 2 is 2.09 bits per heavy atom. The third-order valence-corrected chi connectivity index (χ3v) is 4.56. The van der Waals surface area contributed by atoms with Crippen LogP contribution in [0.25, 0.3) is 10.9 Å². The van der Waals surface area contributed by atoms with Crippen molar-refractivity contribution in [3.63, 3.8) is 0 Å². The molecule has 0 unspecified atom stereocenters. The molecule has 124 valence electrons. The Bertz CT molecular complexity index is 838. The fourth-order valence-electron chi connectivity index (χ4n) is 2.69. The summed E-state index contributed by atoms with van der Waals surface area (Å²) in [5.74, 6) is -0.0492. The Labute approximate surface area is 140 Å². The van der Waals surface area contributed by atoms with Crippen LogP contribution in [0.2, 0.25) is 0 Å². The maximum Gasteiger partial charge on any atom is 0.262 e. The first kappa shape index (κ1) is 17.4. The minimum Gasteiger partial charge on any atom is -0.339 e. The van der Waals surface area contributed by atoms with E-state index in [0.29, 0.717) is 27.8 Å². The van der Waals surface area contributed by atoms with Gasteiger partial charge in [-0.1, -0.05) is 13.3 Å². The average Bonchev–Trinajstić information content (AvgIpc) is 2.53. The van der Waals surface area contributed by atoms with Gasteiger partial charge in [-0.2, -0.15) is 0 Å². The lowest BCUT2D eigenvalue weighted by molar-refractivity contribution is 0.0737. The van der Waals surface area contributed by atoms with Crippen LogP contribution in [0.15, 0.2) is 23.0 Å². The molecule has 0 spiro atoms. The average molecular weight is 333 g/mol. The van der Waals surface area contributed by atoms with E-state index < -0.39 is 0 Å². The number of fused-ring (bicyclic) bond motifs is 1. The van der Waals surface area contributed by atoms with E-state index in [1.165, 1.54) is 4.57 Å². The van der Waals surface area contributed by atoms with Crippen molar-refractivity contribution in [1.82, 2.24) is 14.5 Å². The van der Waals surface area contributed by atoms with Crippen LogP contribution in [0.1, 0.15) is 44.0 Å². The topological polar surface area (TPSA) is 58.1 Å². The highest BCUT2D eigenvalue weighted by Gasteiger charge is 2.17. The van der Waals surface area contributed by atoms with E-state index in [4.69, 9.17) is 12.2 Å². The number of carbonyl (C=O) groups is 1. The van der Waals surface area contributed by atoms with Crippen molar-refractivity contribution in [3.05, 3.63) is 38.9 Å². The van der Waals surface area contributed by atoms with Gasteiger partial charge in [0.25, 0.3) is 11.5 Å². The van der Waals surface area contributed by atoms with Gasteiger partial charge in [-0.3, -0.25) is 14.2 Å². The van der Waals surface area contributed by atoms with Gasteiger partial charge in [0.2, 0.25) is 0 Å². The zero-order valence-corrected chi connectivity index (χ0v) is 14.9. The smallest absolute Gasteiger partial charge is 0.262 e. The van der Waals surface area contributed by atoms with Crippen LogP contribution in [0, 0.1) is 4.77 Å². The molecule has 1 aromatic heterocycles.